The van der Waals surface area contributed by atoms with Crippen molar-refractivity contribution in [1.29, 1.82) is 0 Å². The zero-order valence-corrected chi connectivity index (χ0v) is 17.8. The van der Waals surface area contributed by atoms with Crippen molar-refractivity contribution in [2.24, 2.45) is 4.99 Å². The lowest BCUT2D eigenvalue weighted by atomic mass is 10.00. The van der Waals surface area contributed by atoms with Crippen LogP contribution in [-0.2, 0) is 0 Å². The summed E-state index contributed by atoms with van der Waals surface area (Å²) in [4.78, 5) is 10.3. The first-order valence-corrected chi connectivity index (χ1v) is 10.1. The highest BCUT2D eigenvalue weighted by Gasteiger charge is 2.25. The van der Waals surface area contributed by atoms with Crippen LogP contribution >= 0.6 is 11.6 Å². The molecular formula is C24H28ClN3. The monoisotopic (exact) mass is 393 g/mol. The van der Waals surface area contributed by atoms with Gasteiger partial charge in [0.15, 0.2) is 0 Å². The molecule has 0 bridgehead atoms. The van der Waals surface area contributed by atoms with Crippen molar-refractivity contribution < 1.29 is 0 Å². The lowest BCUT2D eigenvalue weighted by Gasteiger charge is -2.33. The van der Waals surface area contributed by atoms with Gasteiger partial charge in [0.1, 0.15) is 11.0 Å². The summed E-state index contributed by atoms with van der Waals surface area (Å²) in [5, 5.41) is 1.70. The zero-order valence-electron chi connectivity index (χ0n) is 17.1. The number of halogens is 1. The molecule has 3 rings (SSSR count). The molecule has 0 spiro atoms. The Kier molecular flexibility index (Phi) is 6.25. The van der Waals surface area contributed by atoms with Gasteiger partial charge < -0.3 is 9.88 Å². The summed E-state index contributed by atoms with van der Waals surface area (Å²) < 4.78 is 0. The Bertz CT molecular complexity index is 994. The predicted octanol–water partition coefficient (Wildman–Crippen LogP) is 6.71. The van der Waals surface area contributed by atoms with E-state index in [1.807, 2.05) is 0 Å². The Hall–Kier alpha value is -2.52. The Balaban J connectivity index is 2.15. The van der Waals surface area contributed by atoms with Gasteiger partial charge in [0.2, 0.25) is 0 Å². The third-order valence-electron chi connectivity index (χ3n) is 4.88. The number of aromatic nitrogens is 1. The van der Waals surface area contributed by atoms with E-state index in [0.29, 0.717) is 11.0 Å². The van der Waals surface area contributed by atoms with E-state index in [1.165, 1.54) is 22.1 Å². The standard InChI is InChI=1S/C24H28ClN3/c1-6-13-28(19(5)26-18(4)25)24(20-10-7-16(2)8-11-20)23-15-21-14-17(3)9-12-22(21)27-23/h7-12,14-15,24,27H,5-6,13H2,1-4H3. The number of nitrogens with zero attached hydrogens (tertiary/aromatic N) is 2. The average Bonchev–Trinajstić information content (AvgIpc) is 3.04. The Morgan fingerprint density at radius 3 is 2.43 bits per heavy atom. The van der Waals surface area contributed by atoms with Crippen LogP contribution in [0.15, 0.2) is 65.9 Å². The largest absolute Gasteiger partial charge is 0.356 e. The van der Waals surface area contributed by atoms with Crippen molar-refractivity contribution in [3.8, 4) is 0 Å². The molecule has 1 unspecified atom stereocenters. The van der Waals surface area contributed by atoms with Crippen LogP contribution in [-0.4, -0.2) is 21.6 Å². The molecule has 3 nitrogen and oxygen atoms in total. The summed E-state index contributed by atoms with van der Waals surface area (Å²) in [6, 6.07) is 17.4. The molecule has 1 N–H and O–H groups in total. The molecule has 1 atom stereocenters. The van der Waals surface area contributed by atoms with Gasteiger partial charge in [-0.1, -0.05) is 66.6 Å². The maximum absolute atomic E-state index is 6.07. The number of H-pyrrole nitrogens is 1. The molecule has 0 saturated carbocycles. The van der Waals surface area contributed by atoms with E-state index in [9.17, 15) is 0 Å². The minimum Gasteiger partial charge on any atom is -0.356 e. The van der Waals surface area contributed by atoms with Crippen molar-refractivity contribution in [3.63, 3.8) is 0 Å². The molecule has 0 saturated heterocycles. The molecule has 2 aromatic carbocycles. The van der Waals surface area contributed by atoms with Gasteiger partial charge in [-0.15, -0.1) is 0 Å². The van der Waals surface area contributed by atoms with E-state index in [1.54, 1.807) is 6.92 Å². The lowest BCUT2D eigenvalue weighted by Crippen LogP contribution is -2.29. The van der Waals surface area contributed by atoms with Crippen LogP contribution < -0.4 is 0 Å². The van der Waals surface area contributed by atoms with Gasteiger partial charge in [-0.25, -0.2) is 4.99 Å². The number of fused-ring (bicyclic) bond motifs is 1. The van der Waals surface area contributed by atoms with Gasteiger partial charge in [-0.2, -0.15) is 0 Å². The number of hydrogen-bond donors (Lipinski definition) is 1. The summed E-state index contributed by atoms with van der Waals surface area (Å²) in [5.41, 5.74) is 5.96. The second kappa shape index (κ2) is 8.66. The molecule has 0 amide bonds. The van der Waals surface area contributed by atoms with Crippen LogP contribution in [0.1, 0.15) is 48.7 Å². The smallest absolute Gasteiger partial charge is 0.123 e. The van der Waals surface area contributed by atoms with Gasteiger partial charge >= 0.3 is 0 Å². The van der Waals surface area contributed by atoms with Gasteiger partial charge in [0, 0.05) is 17.8 Å². The molecule has 0 aliphatic rings. The molecule has 0 aliphatic carbocycles. The van der Waals surface area contributed by atoms with Crippen molar-refractivity contribution in [1.82, 2.24) is 9.88 Å². The summed E-state index contributed by atoms with van der Waals surface area (Å²) in [6.45, 7) is 13.2. The van der Waals surface area contributed by atoms with Crippen LogP contribution in [0.2, 0.25) is 0 Å². The van der Waals surface area contributed by atoms with Gasteiger partial charge in [-0.3, -0.25) is 0 Å². The van der Waals surface area contributed by atoms with Crippen molar-refractivity contribution in [3.05, 3.63) is 83.3 Å². The van der Waals surface area contributed by atoms with Crippen LogP contribution in [0, 0.1) is 13.8 Å². The Labute approximate surface area is 172 Å². The van der Waals surface area contributed by atoms with E-state index in [0.717, 1.165) is 24.2 Å². The Morgan fingerprint density at radius 2 is 1.79 bits per heavy atom. The molecule has 4 heteroatoms. The number of aromatic amines is 1. The van der Waals surface area contributed by atoms with Crippen molar-refractivity contribution in [2.75, 3.05) is 6.54 Å². The molecule has 1 heterocycles. The molecule has 0 aliphatic heterocycles. The second-order valence-electron chi connectivity index (χ2n) is 7.35. The highest BCUT2D eigenvalue weighted by Crippen LogP contribution is 2.33. The zero-order chi connectivity index (χ0) is 20.3. The number of aliphatic imine (C=N–C) groups is 1. The summed E-state index contributed by atoms with van der Waals surface area (Å²) in [7, 11) is 0. The molecular weight excluding hydrogens is 366 g/mol. The Morgan fingerprint density at radius 1 is 1.11 bits per heavy atom. The van der Waals surface area contributed by atoms with Gasteiger partial charge in [-0.05, 0) is 56.3 Å². The van der Waals surface area contributed by atoms with Crippen molar-refractivity contribution >= 4 is 27.7 Å². The third kappa shape index (κ3) is 4.48. The average molecular weight is 394 g/mol. The fraction of sp³-hybridized carbons (Fsp3) is 0.292. The fourth-order valence-electron chi connectivity index (χ4n) is 3.59. The minimum absolute atomic E-state index is 0.0134. The summed E-state index contributed by atoms with van der Waals surface area (Å²) in [5.74, 6) is 0.676. The van der Waals surface area contributed by atoms with E-state index >= 15 is 0 Å². The first-order valence-electron chi connectivity index (χ1n) is 9.71. The first kappa shape index (κ1) is 20.2. The van der Waals surface area contributed by atoms with Crippen LogP contribution in [0.25, 0.3) is 10.9 Å². The van der Waals surface area contributed by atoms with Crippen LogP contribution in [0.5, 0.6) is 0 Å². The molecule has 28 heavy (non-hydrogen) atoms. The third-order valence-corrected chi connectivity index (χ3v) is 4.96. The maximum atomic E-state index is 6.07. The van der Waals surface area contributed by atoms with E-state index in [-0.39, 0.29) is 6.04 Å². The summed E-state index contributed by atoms with van der Waals surface area (Å²) in [6.07, 6.45) is 0.984. The maximum Gasteiger partial charge on any atom is 0.123 e. The lowest BCUT2D eigenvalue weighted by molar-refractivity contribution is 0.284. The number of benzene rings is 2. The highest BCUT2D eigenvalue weighted by atomic mass is 35.5. The number of nitrogens with one attached hydrogen (secondary N) is 1. The minimum atomic E-state index is -0.0134. The predicted molar refractivity (Wildman–Crippen MR) is 121 cm³/mol. The SMILES string of the molecule is C=C(N=C(C)Cl)N(CCC)C(c1ccc(C)cc1)c1cc2cc(C)ccc2[nH]1. The normalized spacial score (nSPS) is 13.0. The molecule has 1 aromatic heterocycles. The van der Waals surface area contributed by atoms with Crippen LogP contribution in [0.4, 0.5) is 0 Å². The molecule has 3 aromatic rings. The first-order chi connectivity index (χ1) is 13.4. The number of hydrogen-bond acceptors (Lipinski definition) is 2. The molecule has 146 valence electrons. The molecule has 0 radical (unpaired) electrons. The van der Waals surface area contributed by atoms with E-state index in [4.69, 9.17) is 11.6 Å². The van der Waals surface area contributed by atoms with Gasteiger partial charge in [0.25, 0.3) is 0 Å². The van der Waals surface area contributed by atoms with Gasteiger partial charge in [0.05, 0.1) is 6.04 Å². The van der Waals surface area contributed by atoms with E-state index in [2.05, 4.69) is 90.8 Å². The highest BCUT2D eigenvalue weighted by molar-refractivity contribution is 6.64. The summed E-state index contributed by atoms with van der Waals surface area (Å²) >= 11 is 6.07. The second-order valence-corrected chi connectivity index (χ2v) is 7.89. The molecule has 0 fully saturated rings. The number of aryl methyl sites for hydroxylation is 2. The quantitative estimate of drug-likeness (QED) is 0.444. The number of rotatable bonds is 7. The fourth-order valence-corrected chi connectivity index (χ4v) is 3.69. The van der Waals surface area contributed by atoms with Crippen molar-refractivity contribution in [2.45, 2.75) is 40.2 Å². The van der Waals surface area contributed by atoms with E-state index < -0.39 is 0 Å². The van der Waals surface area contributed by atoms with Crippen LogP contribution in [0.3, 0.4) is 0 Å². The topological polar surface area (TPSA) is 31.4 Å².